The molecule has 0 spiro atoms. The van der Waals surface area contributed by atoms with Gasteiger partial charge in [0.2, 0.25) is 21.8 Å². The first-order valence-electron chi connectivity index (χ1n) is 10.2. The lowest BCUT2D eigenvalue weighted by atomic mass is 10.0. The number of aromatic nitrogens is 1. The van der Waals surface area contributed by atoms with Gasteiger partial charge in [0.05, 0.1) is 12.5 Å². The van der Waals surface area contributed by atoms with Gasteiger partial charge >= 0.3 is 0 Å². The Kier molecular flexibility index (Phi) is 7.11. The molecule has 2 atom stereocenters. The summed E-state index contributed by atoms with van der Waals surface area (Å²) in [6, 6.07) is 8.30. The maximum absolute atomic E-state index is 12.6. The highest BCUT2D eigenvalue weighted by atomic mass is 32.2. The summed E-state index contributed by atoms with van der Waals surface area (Å²) < 4.78 is 32.5. The summed E-state index contributed by atoms with van der Waals surface area (Å²) in [5, 5.41) is 6.52. The van der Waals surface area contributed by atoms with Gasteiger partial charge in [0.25, 0.3) is 0 Å². The lowest BCUT2D eigenvalue weighted by Crippen LogP contribution is -2.54. The fourth-order valence-corrected chi connectivity index (χ4v) is 5.27. The molecule has 1 fully saturated rings. The summed E-state index contributed by atoms with van der Waals surface area (Å²) in [4.78, 5) is 26.9. The van der Waals surface area contributed by atoms with E-state index in [9.17, 15) is 18.0 Å². The highest BCUT2D eigenvalue weighted by Gasteiger charge is 2.30. The second-order valence-electron chi connectivity index (χ2n) is 7.85. The van der Waals surface area contributed by atoms with Crippen LogP contribution >= 0.6 is 0 Å². The minimum atomic E-state index is -3.95. The molecule has 10 heteroatoms. The lowest BCUT2D eigenvalue weighted by Gasteiger charge is -2.33. The van der Waals surface area contributed by atoms with Crippen molar-refractivity contribution in [3.8, 4) is 0 Å². The molecule has 0 aliphatic carbocycles. The number of hydrogen-bond acceptors (Lipinski definition) is 6. The molecule has 31 heavy (non-hydrogen) atoms. The van der Waals surface area contributed by atoms with Gasteiger partial charge in [-0.15, -0.1) is 0 Å². The summed E-state index contributed by atoms with van der Waals surface area (Å²) in [7, 11) is -3.95. The SMILES string of the molecule is Cc1noc(C)c1S(=O)(=O)N[C@@H](C)C(=O)NC1CCCN(C(=O)Cc2ccccc2)C1. The molecule has 1 aliphatic heterocycles. The predicted molar refractivity (Wildman–Crippen MR) is 114 cm³/mol. The molecule has 2 amide bonds. The van der Waals surface area contributed by atoms with E-state index in [4.69, 9.17) is 4.52 Å². The molecule has 2 aromatic rings. The molecular weight excluding hydrogens is 420 g/mol. The molecule has 0 saturated carbocycles. The van der Waals surface area contributed by atoms with Crippen LogP contribution in [0.4, 0.5) is 0 Å². The molecule has 2 heterocycles. The Morgan fingerprint density at radius 1 is 1.26 bits per heavy atom. The number of carbonyl (C=O) groups excluding carboxylic acids is 2. The van der Waals surface area contributed by atoms with Crippen LogP contribution in [0.2, 0.25) is 0 Å². The normalized spacial score (nSPS) is 17.9. The molecule has 168 valence electrons. The van der Waals surface area contributed by atoms with E-state index in [0.717, 1.165) is 18.4 Å². The zero-order chi connectivity index (χ0) is 22.6. The van der Waals surface area contributed by atoms with Crippen molar-refractivity contribution in [1.29, 1.82) is 0 Å². The minimum Gasteiger partial charge on any atom is -0.360 e. The number of rotatable bonds is 7. The van der Waals surface area contributed by atoms with E-state index in [1.54, 1.807) is 4.90 Å². The number of nitrogens with zero attached hydrogens (tertiary/aromatic N) is 2. The van der Waals surface area contributed by atoms with E-state index in [1.807, 2.05) is 30.3 Å². The third-order valence-corrected chi connectivity index (χ3v) is 7.06. The summed E-state index contributed by atoms with van der Waals surface area (Å²) in [6.07, 6.45) is 1.81. The third kappa shape index (κ3) is 5.71. The summed E-state index contributed by atoms with van der Waals surface area (Å²) in [5.41, 5.74) is 1.18. The van der Waals surface area contributed by atoms with Gasteiger partial charge in [-0.1, -0.05) is 35.5 Å². The lowest BCUT2D eigenvalue weighted by molar-refractivity contribution is -0.133. The van der Waals surface area contributed by atoms with Gasteiger partial charge in [-0.25, -0.2) is 8.42 Å². The van der Waals surface area contributed by atoms with Crippen LogP contribution in [0.1, 0.15) is 36.8 Å². The van der Waals surface area contributed by atoms with E-state index >= 15 is 0 Å². The molecule has 9 nitrogen and oxygen atoms in total. The number of hydrogen-bond donors (Lipinski definition) is 2. The van der Waals surface area contributed by atoms with Gasteiger partial charge in [0.15, 0.2) is 5.76 Å². The molecule has 1 unspecified atom stereocenters. The molecule has 1 aliphatic rings. The van der Waals surface area contributed by atoms with Gasteiger partial charge in [-0.05, 0) is 39.2 Å². The number of amides is 2. The first-order chi connectivity index (χ1) is 14.7. The molecule has 0 bridgehead atoms. The van der Waals surface area contributed by atoms with Crippen LogP contribution in [-0.4, -0.2) is 55.5 Å². The second-order valence-corrected chi connectivity index (χ2v) is 9.50. The molecule has 1 aromatic carbocycles. The summed E-state index contributed by atoms with van der Waals surface area (Å²) in [5.74, 6) is -0.271. The number of likely N-dealkylation sites (tertiary alicyclic amines) is 1. The van der Waals surface area contributed by atoms with Crippen LogP contribution in [0, 0.1) is 13.8 Å². The van der Waals surface area contributed by atoms with E-state index < -0.39 is 22.0 Å². The molecular formula is C21H28N4O5S. The summed E-state index contributed by atoms with van der Waals surface area (Å²) in [6.45, 7) is 5.56. The van der Waals surface area contributed by atoms with Crippen LogP contribution < -0.4 is 10.0 Å². The van der Waals surface area contributed by atoms with E-state index in [0.29, 0.717) is 19.5 Å². The van der Waals surface area contributed by atoms with Crippen LogP contribution in [0.15, 0.2) is 39.8 Å². The van der Waals surface area contributed by atoms with E-state index in [1.165, 1.54) is 20.8 Å². The van der Waals surface area contributed by atoms with Gasteiger partial charge in [-0.2, -0.15) is 4.72 Å². The fourth-order valence-electron chi connectivity index (χ4n) is 3.73. The average Bonchev–Trinajstić information content (AvgIpc) is 3.07. The Hall–Kier alpha value is -2.72. The predicted octanol–water partition coefficient (Wildman–Crippen LogP) is 1.31. The largest absolute Gasteiger partial charge is 0.360 e. The van der Waals surface area contributed by atoms with Crippen molar-refractivity contribution in [2.24, 2.45) is 0 Å². The van der Waals surface area contributed by atoms with Gasteiger partial charge in [-0.3, -0.25) is 9.59 Å². The van der Waals surface area contributed by atoms with Gasteiger partial charge in [0.1, 0.15) is 10.6 Å². The van der Waals surface area contributed by atoms with Gasteiger partial charge < -0.3 is 14.7 Å². The minimum absolute atomic E-state index is 0.0114. The summed E-state index contributed by atoms with van der Waals surface area (Å²) >= 11 is 0. The number of aryl methyl sites for hydroxylation is 2. The Labute approximate surface area is 182 Å². The second kappa shape index (κ2) is 9.61. The van der Waals surface area contributed by atoms with E-state index in [2.05, 4.69) is 15.2 Å². The van der Waals surface area contributed by atoms with Crippen molar-refractivity contribution in [2.75, 3.05) is 13.1 Å². The van der Waals surface area contributed by atoms with Crippen molar-refractivity contribution in [3.63, 3.8) is 0 Å². The van der Waals surface area contributed by atoms with Crippen molar-refractivity contribution >= 4 is 21.8 Å². The molecule has 1 aromatic heterocycles. The third-order valence-electron chi connectivity index (χ3n) is 5.28. The van der Waals surface area contributed by atoms with Crippen molar-refractivity contribution < 1.29 is 22.5 Å². The highest BCUT2D eigenvalue weighted by Crippen LogP contribution is 2.19. The van der Waals surface area contributed by atoms with Crippen LogP contribution in [-0.2, 0) is 26.0 Å². The van der Waals surface area contributed by atoms with Crippen LogP contribution in [0.25, 0.3) is 0 Å². The number of sulfonamides is 1. The van der Waals surface area contributed by atoms with Gasteiger partial charge in [0, 0.05) is 19.1 Å². The van der Waals surface area contributed by atoms with Crippen molar-refractivity contribution in [1.82, 2.24) is 20.1 Å². The Balaban J connectivity index is 1.56. The monoisotopic (exact) mass is 448 g/mol. The topological polar surface area (TPSA) is 122 Å². The number of piperidine rings is 1. The Bertz CT molecular complexity index is 1020. The first kappa shape index (κ1) is 23.0. The number of benzene rings is 1. The van der Waals surface area contributed by atoms with E-state index in [-0.39, 0.29) is 28.3 Å². The van der Waals surface area contributed by atoms with Crippen molar-refractivity contribution in [2.45, 2.75) is 57.0 Å². The molecule has 1 saturated heterocycles. The molecule has 2 N–H and O–H groups in total. The quantitative estimate of drug-likeness (QED) is 0.659. The fraction of sp³-hybridized carbons (Fsp3) is 0.476. The molecule has 0 radical (unpaired) electrons. The van der Waals surface area contributed by atoms with Crippen molar-refractivity contribution in [3.05, 3.63) is 47.3 Å². The maximum atomic E-state index is 12.6. The van der Waals surface area contributed by atoms with Crippen LogP contribution in [0.3, 0.4) is 0 Å². The Morgan fingerprint density at radius 3 is 2.61 bits per heavy atom. The standard InChI is InChI=1S/C21H28N4O5S/c1-14-20(16(3)30-23-14)31(28,29)24-15(2)21(27)22-18-10-7-11-25(13-18)19(26)12-17-8-5-4-6-9-17/h4-6,8-9,15,18,24H,7,10-13H2,1-3H3,(H,22,27)/t15-,18?/m0/s1. The average molecular weight is 449 g/mol. The smallest absolute Gasteiger partial charge is 0.246 e. The highest BCUT2D eigenvalue weighted by molar-refractivity contribution is 7.89. The number of nitrogens with one attached hydrogen (secondary N) is 2. The maximum Gasteiger partial charge on any atom is 0.246 e. The zero-order valence-electron chi connectivity index (χ0n) is 17.9. The first-order valence-corrected chi connectivity index (χ1v) is 11.7. The zero-order valence-corrected chi connectivity index (χ0v) is 18.7. The Morgan fingerprint density at radius 2 is 1.97 bits per heavy atom. The molecule has 3 rings (SSSR count). The number of carbonyl (C=O) groups is 2. The van der Waals surface area contributed by atoms with Crippen LogP contribution in [0.5, 0.6) is 0 Å².